The third kappa shape index (κ3) is 10.9. The molecule has 0 radical (unpaired) electrons. The zero-order valence-corrected chi connectivity index (χ0v) is 26.8. The molecular formula is C33H54OSi2. The highest BCUT2D eigenvalue weighted by molar-refractivity contribution is 6.76. The van der Waals surface area contributed by atoms with Crippen molar-refractivity contribution < 1.29 is 4.79 Å². The summed E-state index contributed by atoms with van der Waals surface area (Å²) in [6.45, 7) is 19.1. The van der Waals surface area contributed by atoms with Crippen LogP contribution in [-0.2, 0) is 17.6 Å². The summed E-state index contributed by atoms with van der Waals surface area (Å²) in [6, 6.07) is 20.8. The molecular weight excluding hydrogens is 469 g/mol. The molecule has 0 aliphatic carbocycles. The highest BCUT2D eigenvalue weighted by Crippen LogP contribution is 2.34. The lowest BCUT2D eigenvalue weighted by Gasteiger charge is -2.24. The Morgan fingerprint density at radius 1 is 0.611 bits per heavy atom. The molecule has 2 atom stereocenters. The van der Waals surface area contributed by atoms with Crippen molar-refractivity contribution in [3.63, 3.8) is 0 Å². The Morgan fingerprint density at radius 2 is 0.944 bits per heavy atom. The summed E-state index contributed by atoms with van der Waals surface area (Å²) >= 11 is 0. The van der Waals surface area contributed by atoms with Gasteiger partial charge in [0.05, 0.1) is 0 Å². The highest BCUT2D eigenvalue weighted by atomic mass is 28.3. The molecule has 0 amide bonds. The zero-order valence-electron chi connectivity index (χ0n) is 24.8. The van der Waals surface area contributed by atoms with Crippen LogP contribution in [0.2, 0.25) is 51.4 Å². The van der Waals surface area contributed by atoms with Crippen LogP contribution in [0.25, 0.3) is 0 Å². The van der Waals surface area contributed by atoms with E-state index in [-0.39, 0.29) is 11.8 Å². The number of hydrogen-bond acceptors (Lipinski definition) is 1. The predicted molar refractivity (Wildman–Crippen MR) is 166 cm³/mol. The first-order valence-electron chi connectivity index (χ1n) is 14.6. The molecule has 0 aliphatic rings. The van der Waals surface area contributed by atoms with E-state index < -0.39 is 16.1 Å². The van der Waals surface area contributed by atoms with Crippen molar-refractivity contribution in [2.45, 2.75) is 128 Å². The van der Waals surface area contributed by atoms with Crippen molar-refractivity contribution in [2.24, 2.45) is 0 Å². The molecule has 2 aromatic rings. The molecule has 0 saturated carbocycles. The van der Waals surface area contributed by atoms with Gasteiger partial charge < -0.3 is 0 Å². The van der Waals surface area contributed by atoms with Crippen molar-refractivity contribution in [1.82, 2.24) is 0 Å². The lowest BCUT2D eigenvalue weighted by atomic mass is 9.79. The molecule has 0 heterocycles. The second-order valence-electron chi connectivity index (χ2n) is 13.4. The van der Waals surface area contributed by atoms with Crippen molar-refractivity contribution in [1.29, 1.82) is 0 Å². The second kappa shape index (κ2) is 14.5. The Bertz CT molecular complexity index is 825. The molecule has 2 aromatic carbocycles. The maximum atomic E-state index is 14.2. The third-order valence-corrected chi connectivity index (χ3v) is 11.0. The minimum Gasteiger partial charge on any atom is -0.298 e. The zero-order chi connectivity index (χ0) is 26.8. The summed E-state index contributed by atoms with van der Waals surface area (Å²) in [5.41, 5.74) is 5.27. The van der Waals surface area contributed by atoms with Gasteiger partial charge in [-0.25, -0.2) is 0 Å². The number of benzene rings is 2. The first-order chi connectivity index (χ1) is 16.9. The topological polar surface area (TPSA) is 17.1 Å². The number of ketones is 1. The van der Waals surface area contributed by atoms with Crippen LogP contribution in [0.15, 0.2) is 48.5 Å². The van der Waals surface area contributed by atoms with E-state index in [0.29, 0.717) is 5.78 Å². The first-order valence-corrected chi connectivity index (χ1v) is 22.1. The van der Waals surface area contributed by atoms with Crippen LogP contribution in [0.5, 0.6) is 0 Å². The van der Waals surface area contributed by atoms with Crippen molar-refractivity contribution in [3.05, 3.63) is 70.8 Å². The summed E-state index contributed by atoms with van der Waals surface area (Å²) < 4.78 is 0. The van der Waals surface area contributed by atoms with E-state index in [9.17, 15) is 4.79 Å². The lowest BCUT2D eigenvalue weighted by Crippen LogP contribution is -2.22. The number of aryl methyl sites for hydroxylation is 2. The fraction of sp³-hybridized carbons (Fsp3) is 0.606. The number of carbonyl (C=O) groups is 1. The van der Waals surface area contributed by atoms with E-state index in [2.05, 4.69) is 102 Å². The molecule has 1 nitrogen and oxygen atoms in total. The van der Waals surface area contributed by atoms with E-state index in [1.54, 1.807) is 0 Å². The monoisotopic (exact) mass is 522 g/mol. The Morgan fingerprint density at radius 3 is 1.22 bits per heavy atom. The smallest absolute Gasteiger partial charge is 0.147 e. The number of unbranched alkanes of at least 4 members (excludes halogenated alkanes) is 2. The molecule has 0 aromatic heterocycles. The van der Waals surface area contributed by atoms with Crippen LogP contribution in [0.4, 0.5) is 0 Å². The minimum atomic E-state index is -1.05. The fourth-order valence-electron chi connectivity index (χ4n) is 4.88. The molecule has 200 valence electrons. The molecule has 0 bridgehead atoms. The standard InChI is InChI=1S/C33H54OSi2/c1-9-11-13-31(29-19-15-27(16-20-29)23-25-35(3,4)5)33(34)32(14-12-10-2)30-21-17-28(18-22-30)24-26-36(6,7)8/h15-22,31-32H,9-14,23-26H2,1-8H3. The number of rotatable bonds is 16. The SMILES string of the molecule is CCCCC(C(=O)C(CCCC)c1ccc(CC[Si](C)(C)C)cc1)c1ccc(CC[Si](C)(C)C)cc1. The molecule has 0 spiro atoms. The summed E-state index contributed by atoms with van der Waals surface area (Å²) in [5.74, 6) is 0.440. The van der Waals surface area contributed by atoms with E-state index in [0.717, 1.165) is 51.4 Å². The second-order valence-corrected chi connectivity index (χ2v) is 24.6. The van der Waals surface area contributed by atoms with Gasteiger partial charge in [0.15, 0.2) is 0 Å². The summed E-state index contributed by atoms with van der Waals surface area (Å²) in [6.07, 6.45) is 8.70. The average Bonchev–Trinajstić information content (AvgIpc) is 2.82. The molecule has 0 aliphatic heterocycles. The van der Waals surface area contributed by atoms with Crippen LogP contribution in [0.1, 0.15) is 86.5 Å². The predicted octanol–water partition coefficient (Wildman–Crippen LogP) is 10.3. The van der Waals surface area contributed by atoms with Gasteiger partial charge >= 0.3 is 0 Å². The quantitative estimate of drug-likeness (QED) is 0.200. The maximum absolute atomic E-state index is 14.2. The molecule has 0 fully saturated rings. The van der Waals surface area contributed by atoms with Crippen LogP contribution in [-0.4, -0.2) is 21.9 Å². The third-order valence-electron chi connectivity index (χ3n) is 7.47. The maximum Gasteiger partial charge on any atom is 0.147 e. The van der Waals surface area contributed by atoms with Crippen LogP contribution in [0.3, 0.4) is 0 Å². The Hall–Kier alpha value is -1.46. The molecule has 0 N–H and O–H groups in total. The van der Waals surface area contributed by atoms with E-state index in [1.807, 2.05) is 0 Å². The van der Waals surface area contributed by atoms with Gasteiger partial charge in [0, 0.05) is 28.0 Å². The lowest BCUT2D eigenvalue weighted by molar-refractivity contribution is -0.122. The van der Waals surface area contributed by atoms with Gasteiger partial charge in [-0.2, -0.15) is 0 Å². The highest BCUT2D eigenvalue weighted by Gasteiger charge is 2.29. The fourth-order valence-corrected chi connectivity index (χ4v) is 6.95. The van der Waals surface area contributed by atoms with Crippen LogP contribution < -0.4 is 0 Å². The molecule has 36 heavy (non-hydrogen) atoms. The van der Waals surface area contributed by atoms with Crippen molar-refractivity contribution >= 4 is 21.9 Å². The molecule has 3 heteroatoms. The number of Topliss-reactive ketones (excluding diaryl/α,β-unsaturated/α-hetero) is 1. The van der Waals surface area contributed by atoms with E-state index in [1.165, 1.54) is 34.3 Å². The number of hydrogen-bond donors (Lipinski definition) is 0. The van der Waals surface area contributed by atoms with Gasteiger partial charge in [-0.05, 0) is 47.9 Å². The summed E-state index contributed by atoms with van der Waals surface area (Å²) in [4.78, 5) is 14.2. The average molecular weight is 523 g/mol. The summed E-state index contributed by atoms with van der Waals surface area (Å²) in [7, 11) is -2.09. The molecule has 0 saturated heterocycles. The molecule has 2 unspecified atom stereocenters. The summed E-state index contributed by atoms with van der Waals surface area (Å²) in [5, 5.41) is 0. The molecule has 2 rings (SSSR count). The van der Waals surface area contributed by atoms with Gasteiger partial charge in [-0.3, -0.25) is 4.79 Å². The van der Waals surface area contributed by atoms with Gasteiger partial charge in [0.25, 0.3) is 0 Å². The van der Waals surface area contributed by atoms with Crippen LogP contribution in [0, 0.1) is 0 Å². The van der Waals surface area contributed by atoms with E-state index >= 15 is 0 Å². The van der Waals surface area contributed by atoms with Crippen LogP contribution >= 0.6 is 0 Å². The van der Waals surface area contributed by atoms with Gasteiger partial charge in [0.1, 0.15) is 5.78 Å². The normalized spacial score (nSPS) is 14.0. The van der Waals surface area contributed by atoms with Crippen molar-refractivity contribution in [2.75, 3.05) is 0 Å². The minimum absolute atomic E-state index is 0.00409. The van der Waals surface area contributed by atoms with Gasteiger partial charge in [0.2, 0.25) is 0 Å². The first kappa shape index (κ1) is 30.8. The van der Waals surface area contributed by atoms with Crippen molar-refractivity contribution in [3.8, 4) is 0 Å². The Kier molecular flexibility index (Phi) is 12.4. The largest absolute Gasteiger partial charge is 0.298 e. The number of carbonyl (C=O) groups excluding carboxylic acids is 1. The van der Waals surface area contributed by atoms with Gasteiger partial charge in [-0.1, -0.05) is 139 Å². The van der Waals surface area contributed by atoms with E-state index in [4.69, 9.17) is 0 Å². The van der Waals surface area contributed by atoms with Gasteiger partial charge in [-0.15, -0.1) is 0 Å². The Labute approximate surface area is 225 Å². The Balaban J connectivity index is 2.25.